The average Bonchev–Trinajstić information content (AvgIpc) is 3.24. The van der Waals surface area contributed by atoms with Crippen molar-refractivity contribution >= 4 is 0 Å². The lowest BCUT2D eigenvalue weighted by Crippen LogP contribution is -2.23. The standard InChI is InChI=1S/C22H24N4/c1-23-11-13-25(17-23)15-19-7-3-5-9-21(19)22-10-6-4-8-20(22)16-26-14-12-24(2)18-26/h3-14,17-18H,15-16H2,1-2H3/q+2. The quantitative estimate of drug-likeness (QED) is 0.496. The van der Waals surface area contributed by atoms with Crippen LogP contribution >= 0.6 is 0 Å². The predicted molar refractivity (Wildman–Crippen MR) is 101 cm³/mol. The zero-order chi connectivity index (χ0) is 17.9. The van der Waals surface area contributed by atoms with Crippen LogP contribution in [0.5, 0.6) is 0 Å². The van der Waals surface area contributed by atoms with E-state index in [1.807, 2.05) is 0 Å². The van der Waals surface area contributed by atoms with E-state index >= 15 is 0 Å². The van der Waals surface area contributed by atoms with Gasteiger partial charge < -0.3 is 0 Å². The van der Waals surface area contributed by atoms with Gasteiger partial charge in [0.2, 0.25) is 12.7 Å². The Kier molecular flexibility index (Phi) is 4.40. The molecule has 0 atom stereocenters. The second-order valence-electron chi connectivity index (χ2n) is 6.82. The molecule has 0 unspecified atom stereocenters. The summed E-state index contributed by atoms with van der Waals surface area (Å²) in [5.74, 6) is 0. The number of hydrogen-bond donors (Lipinski definition) is 0. The van der Waals surface area contributed by atoms with Crippen LogP contribution in [0.3, 0.4) is 0 Å². The Balaban J connectivity index is 1.71. The van der Waals surface area contributed by atoms with Gasteiger partial charge in [-0.3, -0.25) is 0 Å². The summed E-state index contributed by atoms with van der Waals surface area (Å²) in [7, 11) is 4.10. The van der Waals surface area contributed by atoms with Crippen LogP contribution in [-0.4, -0.2) is 9.13 Å². The van der Waals surface area contributed by atoms with Crippen molar-refractivity contribution in [3.8, 4) is 11.1 Å². The first kappa shape index (κ1) is 16.3. The van der Waals surface area contributed by atoms with Crippen molar-refractivity contribution in [2.45, 2.75) is 13.1 Å². The van der Waals surface area contributed by atoms with Crippen molar-refractivity contribution in [3.63, 3.8) is 0 Å². The molecule has 130 valence electrons. The highest BCUT2D eigenvalue weighted by Crippen LogP contribution is 2.28. The van der Waals surface area contributed by atoms with Crippen molar-refractivity contribution in [1.29, 1.82) is 0 Å². The molecule has 26 heavy (non-hydrogen) atoms. The maximum Gasteiger partial charge on any atom is 0.243 e. The molecule has 0 aliphatic heterocycles. The molecule has 2 aromatic heterocycles. The largest absolute Gasteiger partial charge is 0.243 e. The molecule has 2 heterocycles. The molecule has 0 aliphatic rings. The van der Waals surface area contributed by atoms with Gasteiger partial charge in [0.25, 0.3) is 0 Å². The van der Waals surface area contributed by atoms with Gasteiger partial charge in [0, 0.05) is 11.1 Å². The zero-order valence-electron chi connectivity index (χ0n) is 15.3. The monoisotopic (exact) mass is 344 g/mol. The number of rotatable bonds is 5. The van der Waals surface area contributed by atoms with E-state index < -0.39 is 0 Å². The smallest absolute Gasteiger partial charge is 0.240 e. The molecule has 4 aromatic rings. The third-order valence-corrected chi connectivity index (χ3v) is 4.68. The van der Waals surface area contributed by atoms with E-state index in [1.54, 1.807) is 0 Å². The molecule has 0 amide bonds. The SMILES string of the molecule is C[n+]1ccn(Cc2ccccc2-c2ccccc2Cn2cc[n+](C)c2)c1. The highest BCUT2D eigenvalue weighted by Gasteiger charge is 2.13. The maximum atomic E-state index is 2.23. The molecule has 4 nitrogen and oxygen atoms in total. The lowest BCUT2D eigenvalue weighted by atomic mass is 9.95. The Morgan fingerprint density at radius 2 is 1.08 bits per heavy atom. The molecular weight excluding hydrogens is 320 g/mol. The first-order valence-corrected chi connectivity index (χ1v) is 8.87. The molecule has 0 spiro atoms. The average molecular weight is 344 g/mol. The molecule has 0 aliphatic carbocycles. The molecule has 2 aromatic carbocycles. The zero-order valence-corrected chi connectivity index (χ0v) is 15.3. The Labute approximate surface area is 154 Å². The minimum atomic E-state index is 0.865. The molecule has 0 bridgehead atoms. The van der Waals surface area contributed by atoms with Crippen LogP contribution in [0.2, 0.25) is 0 Å². The Hall–Kier alpha value is -3.14. The summed E-state index contributed by atoms with van der Waals surface area (Å²) in [6, 6.07) is 17.4. The van der Waals surface area contributed by atoms with E-state index in [1.165, 1.54) is 22.3 Å². The van der Waals surface area contributed by atoms with Crippen molar-refractivity contribution in [2.75, 3.05) is 0 Å². The lowest BCUT2D eigenvalue weighted by Gasteiger charge is -2.12. The number of nitrogens with zero attached hydrogens (tertiary/aromatic N) is 4. The first-order chi connectivity index (χ1) is 12.7. The predicted octanol–water partition coefficient (Wildman–Crippen LogP) is 2.70. The highest BCUT2D eigenvalue weighted by molar-refractivity contribution is 5.70. The highest BCUT2D eigenvalue weighted by atomic mass is 15.1. The molecule has 0 N–H and O–H groups in total. The summed E-state index contributed by atoms with van der Waals surface area (Å²) in [4.78, 5) is 0. The molecule has 0 saturated carbocycles. The van der Waals surface area contributed by atoms with Gasteiger partial charge in [0.05, 0.1) is 14.1 Å². The van der Waals surface area contributed by atoms with Gasteiger partial charge in [0.15, 0.2) is 0 Å². The van der Waals surface area contributed by atoms with Crippen LogP contribution in [0.25, 0.3) is 11.1 Å². The molecule has 4 rings (SSSR count). The fraction of sp³-hybridized carbons (Fsp3) is 0.182. The van der Waals surface area contributed by atoms with Crippen LogP contribution in [-0.2, 0) is 27.2 Å². The minimum absolute atomic E-state index is 0.865. The number of imidazole rings is 2. The number of aryl methyl sites for hydroxylation is 2. The van der Waals surface area contributed by atoms with Crippen molar-refractivity contribution < 1.29 is 9.13 Å². The summed E-state index contributed by atoms with van der Waals surface area (Å²) < 4.78 is 8.58. The minimum Gasteiger partial charge on any atom is -0.240 e. The summed E-state index contributed by atoms with van der Waals surface area (Å²) in [6.45, 7) is 1.73. The first-order valence-electron chi connectivity index (χ1n) is 8.87. The van der Waals surface area contributed by atoms with E-state index in [9.17, 15) is 0 Å². The molecule has 0 radical (unpaired) electrons. The van der Waals surface area contributed by atoms with Gasteiger partial charge in [-0.25, -0.2) is 18.3 Å². The van der Waals surface area contributed by atoms with Crippen LogP contribution in [0.15, 0.2) is 86.0 Å². The Morgan fingerprint density at radius 3 is 1.46 bits per heavy atom. The summed E-state index contributed by atoms with van der Waals surface area (Å²) in [5, 5.41) is 0. The summed E-state index contributed by atoms with van der Waals surface area (Å²) in [5.41, 5.74) is 5.26. The van der Waals surface area contributed by atoms with Gasteiger partial charge in [0.1, 0.15) is 37.9 Å². The van der Waals surface area contributed by atoms with Crippen LogP contribution < -0.4 is 9.13 Å². The van der Waals surface area contributed by atoms with E-state index in [-0.39, 0.29) is 0 Å². The Bertz CT molecular complexity index is 942. The van der Waals surface area contributed by atoms with Crippen molar-refractivity contribution in [2.24, 2.45) is 14.1 Å². The normalized spacial score (nSPS) is 11.0. The second-order valence-corrected chi connectivity index (χ2v) is 6.82. The van der Waals surface area contributed by atoms with Crippen LogP contribution in [0.4, 0.5) is 0 Å². The second kappa shape index (κ2) is 7.00. The molecule has 4 heteroatoms. The van der Waals surface area contributed by atoms with E-state index in [4.69, 9.17) is 0 Å². The number of benzene rings is 2. The number of hydrogen-bond acceptors (Lipinski definition) is 0. The van der Waals surface area contributed by atoms with Gasteiger partial charge in [-0.15, -0.1) is 0 Å². The van der Waals surface area contributed by atoms with Crippen molar-refractivity contribution in [3.05, 3.63) is 97.1 Å². The van der Waals surface area contributed by atoms with Gasteiger partial charge >= 0.3 is 0 Å². The third-order valence-electron chi connectivity index (χ3n) is 4.68. The summed E-state index contributed by atoms with van der Waals surface area (Å²) in [6.07, 6.45) is 12.6. The van der Waals surface area contributed by atoms with E-state index in [0.717, 1.165) is 13.1 Å². The van der Waals surface area contributed by atoms with Crippen molar-refractivity contribution in [1.82, 2.24) is 9.13 Å². The number of aromatic nitrogens is 4. The van der Waals surface area contributed by atoms with Gasteiger partial charge in [-0.1, -0.05) is 48.5 Å². The maximum absolute atomic E-state index is 2.23. The van der Waals surface area contributed by atoms with Crippen LogP contribution in [0, 0.1) is 0 Å². The molecule has 0 fully saturated rings. The molecular formula is C22H24N4+2. The fourth-order valence-electron chi connectivity index (χ4n) is 3.43. The van der Waals surface area contributed by atoms with Crippen LogP contribution in [0.1, 0.15) is 11.1 Å². The van der Waals surface area contributed by atoms with Gasteiger partial charge in [-0.2, -0.15) is 0 Å². The topological polar surface area (TPSA) is 17.6 Å². The Morgan fingerprint density at radius 1 is 0.654 bits per heavy atom. The van der Waals surface area contributed by atoms with E-state index in [0.29, 0.717) is 0 Å². The lowest BCUT2D eigenvalue weighted by molar-refractivity contribution is -0.671. The third kappa shape index (κ3) is 3.45. The summed E-state index contributed by atoms with van der Waals surface area (Å²) >= 11 is 0. The fourth-order valence-corrected chi connectivity index (χ4v) is 3.43. The molecule has 0 saturated heterocycles. The van der Waals surface area contributed by atoms with E-state index in [2.05, 4.69) is 118 Å². The van der Waals surface area contributed by atoms with Gasteiger partial charge in [-0.05, 0) is 11.1 Å².